The molecule has 0 radical (unpaired) electrons. The Balaban J connectivity index is 4.18. The highest BCUT2D eigenvalue weighted by Crippen LogP contribution is 2.17. The first-order chi connectivity index (χ1) is 40.5. The number of hydrogen-bond donors (Lipinski definition) is 0. The Morgan fingerprint density at radius 1 is 0.268 bits per heavy atom. The molecule has 6 nitrogen and oxygen atoms in total. The van der Waals surface area contributed by atoms with E-state index in [9.17, 15) is 14.4 Å². The van der Waals surface area contributed by atoms with Gasteiger partial charge in [0.25, 0.3) is 0 Å². The second-order valence-electron chi connectivity index (χ2n) is 22.3. The minimum Gasteiger partial charge on any atom is -0.462 e. The lowest BCUT2D eigenvalue weighted by Gasteiger charge is -2.18. The van der Waals surface area contributed by atoms with Gasteiger partial charge in [0.1, 0.15) is 13.2 Å². The van der Waals surface area contributed by atoms with E-state index in [-0.39, 0.29) is 31.6 Å². The van der Waals surface area contributed by atoms with Gasteiger partial charge < -0.3 is 14.2 Å². The fourth-order valence-electron chi connectivity index (χ4n) is 9.35. The highest BCUT2D eigenvalue weighted by Gasteiger charge is 2.19. The highest BCUT2D eigenvalue weighted by molar-refractivity contribution is 5.72. The molecule has 0 rings (SSSR count). The van der Waals surface area contributed by atoms with Crippen LogP contribution in [-0.2, 0) is 28.6 Å². The first kappa shape index (κ1) is 77.5. The lowest BCUT2D eigenvalue weighted by atomic mass is 10.0. The van der Waals surface area contributed by atoms with Gasteiger partial charge >= 0.3 is 17.9 Å². The molecule has 0 spiro atoms. The summed E-state index contributed by atoms with van der Waals surface area (Å²) in [6.45, 7) is 6.29. The number of esters is 3. The topological polar surface area (TPSA) is 78.9 Å². The van der Waals surface area contributed by atoms with Crippen LogP contribution < -0.4 is 0 Å². The summed E-state index contributed by atoms with van der Waals surface area (Å²) < 4.78 is 16.8. The average molecular weight is 1140 g/mol. The minimum atomic E-state index is -0.841. The molecule has 0 bridgehead atoms. The van der Waals surface area contributed by atoms with E-state index in [4.69, 9.17) is 14.2 Å². The summed E-state index contributed by atoms with van der Waals surface area (Å²) in [6.07, 6.45) is 98.1. The van der Waals surface area contributed by atoms with Crippen LogP contribution in [0.4, 0.5) is 0 Å². The second kappa shape index (κ2) is 69.0. The van der Waals surface area contributed by atoms with Gasteiger partial charge in [-0.15, -0.1) is 0 Å². The molecule has 0 aliphatic carbocycles. The third-order valence-electron chi connectivity index (χ3n) is 14.4. The van der Waals surface area contributed by atoms with Crippen molar-refractivity contribution in [2.75, 3.05) is 13.2 Å². The number of unbranched alkanes of at least 4 members (excludes halogenated alkanes) is 29. The molecule has 82 heavy (non-hydrogen) atoms. The summed E-state index contributed by atoms with van der Waals surface area (Å²) in [6, 6.07) is 0. The smallest absolute Gasteiger partial charge is 0.310 e. The van der Waals surface area contributed by atoms with Crippen molar-refractivity contribution in [2.24, 2.45) is 0 Å². The molecule has 466 valence electrons. The maximum absolute atomic E-state index is 12.8. The predicted molar refractivity (Wildman–Crippen MR) is 357 cm³/mol. The van der Waals surface area contributed by atoms with Crippen LogP contribution in [0.2, 0.25) is 0 Å². The van der Waals surface area contributed by atoms with Crippen LogP contribution in [0.5, 0.6) is 0 Å². The Morgan fingerprint density at radius 2 is 0.512 bits per heavy atom. The lowest BCUT2D eigenvalue weighted by Crippen LogP contribution is -2.30. The number of carbonyl (C=O) groups is 3. The number of carbonyl (C=O) groups excluding carboxylic acids is 3. The van der Waals surface area contributed by atoms with Crippen molar-refractivity contribution in [1.82, 2.24) is 0 Å². The van der Waals surface area contributed by atoms with Gasteiger partial charge in [-0.2, -0.15) is 0 Å². The molecule has 0 amide bonds. The lowest BCUT2D eigenvalue weighted by molar-refractivity contribution is -0.166. The predicted octanol–water partition coefficient (Wildman–Crippen LogP) is 23.7. The molecule has 0 aliphatic rings. The van der Waals surface area contributed by atoms with Crippen LogP contribution in [0.1, 0.15) is 310 Å². The zero-order chi connectivity index (χ0) is 59.2. The van der Waals surface area contributed by atoms with Crippen molar-refractivity contribution in [1.29, 1.82) is 0 Å². The van der Waals surface area contributed by atoms with Crippen LogP contribution >= 0.6 is 0 Å². The van der Waals surface area contributed by atoms with Crippen molar-refractivity contribution < 1.29 is 28.6 Å². The summed E-state index contributed by atoms with van der Waals surface area (Å²) in [4.78, 5) is 38.2. The third-order valence-corrected chi connectivity index (χ3v) is 14.4. The third kappa shape index (κ3) is 66.4. The van der Waals surface area contributed by atoms with E-state index in [2.05, 4.69) is 142 Å². The van der Waals surface area contributed by atoms with E-state index in [1.807, 2.05) is 6.08 Å². The molecule has 0 heterocycles. The van der Waals surface area contributed by atoms with Crippen LogP contribution in [0, 0.1) is 0 Å². The molecule has 6 heteroatoms. The van der Waals surface area contributed by atoms with E-state index in [1.165, 1.54) is 148 Å². The first-order valence-corrected chi connectivity index (χ1v) is 34.2. The molecule has 0 saturated heterocycles. The summed E-state index contributed by atoms with van der Waals surface area (Å²) in [5, 5.41) is 0. The van der Waals surface area contributed by atoms with Crippen molar-refractivity contribution in [3.8, 4) is 0 Å². The Labute approximate surface area is 506 Å². The van der Waals surface area contributed by atoms with Gasteiger partial charge in [0, 0.05) is 12.8 Å². The molecular weight excluding hydrogens is 1010 g/mol. The number of ether oxygens (including phenoxy) is 3. The fourth-order valence-corrected chi connectivity index (χ4v) is 9.35. The van der Waals surface area contributed by atoms with Gasteiger partial charge in [0.2, 0.25) is 0 Å². The normalized spacial score (nSPS) is 13.0. The summed E-state index contributed by atoms with van der Waals surface area (Å²) >= 11 is 0. The maximum Gasteiger partial charge on any atom is 0.310 e. The summed E-state index contributed by atoms with van der Waals surface area (Å²) in [5.74, 6) is -1.06. The van der Waals surface area contributed by atoms with Gasteiger partial charge in [-0.1, -0.05) is 315 Å². The maximum atomic E-state index is 12.8. The van der Waals surface area contributed by atoms with Gasteiger partial charge in [0.15, 0.2) is 6.10 Å². The largest absolute Gasteiger partial charge is 0.462 e. The summed E-state index contributed by atoms with van der Waals surface area (Å²) in [7, 11) is 0. The first-order valence-electron chi connectivity index (χ1n) is 34.2. The van der Waals surface area contributed by atoms with Crippen molar-refractivity contribution in [2.45, 2.75) is 316 Å². The molecule has 1 unspecified atom stereocenters. The number of rotatable bonds is 61. The molecule has 0 aliphatic heterocycles. The average Bonchev–Trinajstić information content (AvgIpc) is 3.47. The van der Waals surface area contributed by atoms with Crippen LogP contribution in [0.3, 0.4) is 0 Å². The SMILES string of the molecule is CC/C=C\C/C=C\C/C=C\C/C=C\C/C=C\CC(=O)OC(COC(=O)CCCCCCC/C=C\C/C=C\CCCC)COC(=O)CCCCCCCCCCCCCCCCCCCCCCCC/C=C\C/C=C\C/C=C\C/C=C\CC. The quantitative estimate of drug-likeness (QED) is 0.0261. The van der Waals surface area contributed by atoms with Gasteiger partial charge in [-0.25, -0.2) is 0 Å². The zero-order valence-corrected chi connectivity index (χ0v) is 53.5. The second-order valence-corrected chi connectivity index (χ2v) is 22.3. The Kier molecular flexibility index (Phi) is 65.3. The Hall–Kier alpha value is -4.45. The van der Waals surface area contributed by atoms with Gasteiger partial charge in [0.05, 0.1) is 6.42 Å². The van der Waals surface area contributed by atoms with E-state index < -0.39 is 12.1 Å². The van der Waals surface area contributed by atoms with Crippen molar-refractivity contribution in [3.05, 3.63) is 134 Å². The molecular formula is C76H126O6. The molecule has 0 fully saturated rings. The number of hydrogen-bond acceptors (Lipinski definition) is 6. The molecule has 1 atom stereocenters. The Morgan fingerprint density at radius 3 is 0.805 bits per heavy atom. The van der Waals surface area contributed by atoms with Crippen LogP contribution in [0.15, 0.2) is 134 Å². The minimum absolute atomic E-state index is 0.0918. The van der Waals surface area contributed by atoms with E-state index in [1.54, 1.807) is 6.08 Å². The van der Waals surface area contributed by atoms with E-state index in [0.29, 0.717) is 12.8 Å². The van der Waals surface area contributed by atoms with E-state index >= 15 is 0 Å². The fraction of sp³-hybridized carbons (Fsp3) is 0.671. The van der Waals surface area contributed by atoms with Crippen LogP contribution in [0.25, 0.3) is 0 Å². The number of allylic oxidation sites excluding steroid dienone is 21. The Bertz CT molecular complexity index is 1730. The van der Waals surface area contributed by atoms with Gasteiger partial charge in [-0.3, -0.25) is 14.4 Å². The van der Waals surface area contributed by atoms with Crippen molar-refractivity contribution in [3.63, 3.8) is 0 Å². The molecule has 0 saturated carbocycles. The monoisotopic (exact) mass is 1130 g/mol. The molecule has 0 aromatic carbocycles. The zero-order valence-electron chi connectivity index (χ0n) is 53.5. The summed E-state index contributed by atoms with van der Waals surface area (Å²) in [5.41, 5.74) is 0. The van der Waals surface area contributed by atoms with Crippen molar-refractivity contribution >= 4 is 17.9 Å². The van der Waals surface area contributed by atoms with Crippen LogP contribution in [-0.4, -0.2) is 37.2 Å². The standard InChI is InChI=1S/C76H126O6/c1-4-7-10-13-16-19-22-25-28-29-30-31-32-33-34-35-36-37-38-39-40-41-42-43-44-45-46-47-49-51-54-57-60-63-66-69-75(78)81-72-73(71-80-74(77)68-65-62-59-56-53-50-27-24-21-18-15-12-9-6-3)82-76(79)70-67-64-61-58-55-52-48-26-23-20-17-14-11-8-5-2/h7-8,10-11,15-20,24-28,30-31,48,55,58,64,67,73H,4-6,9,12-14,21-23,29,32-47,49-54,56-57,59-63,65-66,68-72H2,1-3H3/b10-7-,11-8-,18-15-,19-16-,20-17-,27-24-,28-25-,31-30-,48-26-,58-55-,67-64-. The van der Waals surface area contributed by atoms with Gasteiger partial charge in [-0.05, 0) is 109 Å². The molecule has 0 aromatic rings. The molecule has 0 N–H and O–H groups in total. The highest BCUT2D eigenvalue weighted by atomic mass is 16.6. The molecule has 0 aromatic heterocycles. The van der Waals surface area contributed by atoms with E-state index in [0.717, 1.165) is 122 Å².